The summed E-state index contributed by atoms with van der Waals surface area (Å²) in [4.78, 5) is 2.61. The lowest BCUT2D eigenvalue weighted by Crippen LogP contribution is -2.38. The fourth-order valence-corrected chi connectivity index (χ4v) is 3.39. The molecule has 0 aromatic rings. The first kappa shape index (κ1) is 12.1. The van der Waals surface area contributed by atoms with Gasteiger partial charge in [0.15, 0.2) is 0 Å². The molecule has 0 amide bonds. The van der Waals surface area contributed by atoms with Gasteiger partial charge in [0.05, 0.1) is 0 Å². The van der Waals surface area contributed by atoms with E-state index in [1.54, 1.807) is 11.9 Å². The molecule has 3 atom stereocenters. The lowest BCUT2D eigenvalue weighted by molar-refractivity contribution is 0.245. The van der Waals surface area contributed by atoms with Crippen LogP contribution in [0.5, 0.6) is 0 Å². The fourth-order valence-electron chi connectivity index (χ4n) is 2.59. The van der Waals surface area contributed by atoms with E-state index in [4.69, 9.17) is 0 Å². The minimum absolute atomic E-state index is 0.467. The molecule has 1 N–H and O–H groups in total. The van der Waals surface area contributed by atoms with E-state index in [1.807, 2.05) is 0 Å². The minimum Gasteiger partial charge on any atom is -0.297 e. The molecule has 2 rings (SSSR count). The van der Waals surface area contributed by atoms with Crippen molar-refractivity contribution in [1.82, 2.24) is 9.62 Å². The van der Waals surface area contributed by atoms with Crippen molar-refractivity contribution in [2.75, 3.05) is 19.3 Å². The van der Waals surface area contributed by atoms with E-state index >= 15 is 0 Å². The van der Waals surface area contributed by atoms with Crippen LogP contribution in [0.4, 0.5) is 0 Å². The van der Waals surface area contributed by atoms with Crippen molar-refractivity contribution in [3.63, 3.8) is 0 Å². The summed E-state index contributed by atoms with van der Waals surface area (Å²) in [5.41, 5.74) is 0.611. The Labute approximate surface area is 103 Å². The van der Waals surface area contributed by atoms with Crippen molar-refractivity contribution >= 4 is 24.6 Å². The maximum absolute atomic E-state index is 4.56. The second-order valence-corrected chi connectivity index (χ2v) is 6.61. The molecule has 1 saturated heterocycles. The third-order valence-electron chi connectivity index (χ3n) is 4.10. The van der Waals surface area contributed by atoms with E-state index in [2.05, 4.69) is 42.4 Å². The lowest BCUT2D eigenvalue weighted by Gasteiger charge is -2.27. The summed E-state index contributed by atoms with van der Waals surface area (Å²) >= 11 is 6.33. The van der Waals surface area contributed by atoms with Gasteiger partial charge in [0.2, 0.25) is 0 Å². The van der Waals surface area contributed by atoms with Gasteiger partial charge in [-0.3, -0.25) is 9.62 Å². The van der Waals surface area contributed by atoms with Crippen molar-refractivity contribution in [1.29, 1.82) is 0 Å². The topological polar surface area (TPSA) is 15.3 Å². The number of hydrogen-bond acceptors (Lipinski definition) is 4. The van der Waals surface area contributed by atoms with Crippen molar-refractivity contribution in [3.8, 4) is 0 Å². The average molecular weight is 246 g/mol. The van der Waals surface area contributed by atoms with Crippen molar-refractivity contribution in [2.24, 2.45) is 5.41 Å². The first-order valence-electron chi connectivity index (χ1n) is 5.80. The number of likely N-dealkylation sites (tertiary alicyclic amines) is 1. The van der Waals surface area contributed by atoms with Crippen molar-refractivity contribution < 1.29 is 0 Å². The molecule has 0 aromatic heterocycles. The number of nitrogens with one attached hydrogen (secondary N) is 1. The van der Waals surface area contributed by atoms with Crippen LogP contribution < -0.4 is 4.72 Å². The summed E-state index contributed by atoms with van der Waals surface area (Å²) in [5, 5.41) is 0.467. The maximum Gasteiger partial charge on any atom is 0.0367 e. The average Bonchev–Trinajstić information content (AvgIpc) is 2.86. The molecule has 3 unspecified atom stereocenters. The molecule has 88 valence electrons. The zero-order valence-electron chi connectivity index (χ0n) is 9.86. The van der Waals surface area contributed by atoms with Gasteiger partial charge in [-0.1, -0.05) is 18.9 Å². The highest BCUT2D eigenvalue weighted by Crippen LogP contribution is 2.53. The zero-order chi connectivity index (χ0) is 11.1. The van der Waals surface area contributed by atoms with Gasteiger partial charge in [-0.2, -0.15) is 12.6 Å². The monoisotopic (exact) mass is 246 g/mol. The summed E-state index contributed by atoms with van der Waals surface area (Å²) in [6.07, 6.45) is 4.95. The van der Waals surface area contributed by atoms with Gasteiger partial charge in [0, 0.05) is 35.8 Å². The van der Waals surface area contributed by atoms with E-state index in [9.17, 15) is 0 Å². The molecule has 1 heterocycles. The molecule has 4 heteroatoms. The predicted molar refractivity (Wildman–Crippen MR) is 71.6 cm³/mol. The van der Waals surface area contributed by atoms with Crippen LogP contribution >= 0.6 is 24.6 Å². The molecule has 1 aliphatic heterocycles. The van der Waals surface area contributed by atoms with Gasteiger partial charge in [-0.05, 0) is 26.0 Å². The van der Waals surface area contributed by atoms with Gasteiger partial charge in [0.1, 0.15) is 0 Å². The molecule has 1 spiro atoms. The highest BCUT2D eigenvalue weighted by Gasteiger charge is 2.55. The summed E-state index contributed by atoms with van der Waals surface area (Å²) in [7, 11) is 0. The molecule has 0 aromatic carbocycles. The first-order chi connectivity index (χ1) is 7.09. The summed E-state index contributed by atoms with van der Waals surface area (Å²) < 4.78 is 3.57. The molecular weight excluding hydrogens is 224 g/mol. The number of nitrogens with zero attached hydrogens (tertiary/aromatic N) is 1. The Morgan fingerprint density at radius 3 is 2.60 bits per heavy atom. The summed E-state index contributed by atoms with van der Waals surface area (Å²) in [5.74, 6) is 0. The molecule has 2 fully saturated rings. The standard InChI is InChI=1S/C11H22N2S2/c1-8(9(2)14)13-6-10(12-15-3)11(7-13)4-5-11/h8-10,12,14H,4-7H2,1-3H3. The first-order valence-corrected chi connectivity index (χ1v) is 7.54. The van der Waals surface area contributed by atoms with Crippen LogP contribution in [0.1, 0.15) is 26.7 Å². The van der Waals surface area contributed by atoms with Crippen LogP contribution in [0.25, 0.3) is 0 Å². The minimum atomic E-state index is 0.467. The van der Waals surface area contributed by atoms with Gasteiger partial charge in [-0.15, -0.1) is 0 Å². The Hall–Kier alpha value is 0.620. The Balaban J connectivity index is 1.96. The maximum atomic E-state index is 4.56. The Morgan fingerprint density at radius 1 is 1.47 bits per heavy atom. The molecular formula is C11H22N2S2. The van der Waals surface area contributed by atoms with Crippen LogP contribution in [0.2, 0.25) is 0 Å². The van der Waals surface area contributed by atoms with Gasteiger partial charge < -0.3 is 0 Å². The van der Waals surface area contributed by atoms with Crippen LogP contribution in [0, 0.1) is 5.41 Å². The smallest absolute Gasteiger partial charge is 0.0367 e. The summed E-state index contributed by atoms with van der Waals surface area (Å²) in [6.45, 7) is 6.97. The third-order valence-corrected chi connectivity index (χ3v) is 5.05. The third kappa shape index (κ3) is 2.33. The van der Waals surface area contributed by atoms with Crippen molar-refractivity contribution in [2.45, 2.75) is 44.0 Å². The van der Waals surface area contributed by atoms with Gasteiger partial charge in [-0.25, -0.2) is 0 Å². The largest absolute Gasteiger partial charge is 0.297 e. The molecule has 1 saturated carbocycles. The Morgan fingerprint density at radius 2 is 2.13 bits per heavy atom. The van der Waals surface area contributed by atoms with Crippen LogP contribution in [0.3, 0.4) is 0 Å². The normalized spacial score (nSPS) is 33.2. The quantitative estimate of drug-likeness (QED) is 0.583. The molecule has 2 nitrogen and oxygen atoms in total. The zero-order valence-corrected chi connectivity index (χ0v) is 11.6. The SMILES string of the molecule is CSNC1CN(C(C)C(C)S)CC12CC2. The molecule has 2 aliphatic rings. The second kappa shape index (κ2) is 4.47. The van der Waals surface area contributed by atoms with Crippen molar-refractivity contribution in [3.05, 3.63) is 0 Å². The van der Waals surface area contributed by atoms with Gasteiger partial charge >= 0.3 is 0 Å². The molecule has 1 aliphatic carbocycles. The van der Waals surface area contributed by atoms with E-state index in [1.165, 1.54) is 25.9 Å². The van der Waals surface area contributed by atoms with Crippen LogP contribution in [-0.2, 0) is 0 Å². The second-order valence-electron chi connectivity index (χ2n) is 5.15. The predicted octanol–water partition coefficient (Wildman–Crippen LogP) is 2.03. The van der Waals surface area contributed by atoms with Crippen LogP contribution in [0.15, 0.2) is 0 Å². The highest BCUT2D eigenvalue weighted by molar-refractivity contribution is 7.96. The van der Waals surface area contributed by atoms with Gasteiger partial charge in [0.25, 0.3) is 0 Å². The van der Waals surface area contributed by atoms with E-state index in [-0.39, 0.29) is 0 Å². The van der Waals surface area contributed by atoms with Crippen LogP contribution in [-0.4, -0.2) is 41.6 Å². The molecule has 0 bridgehead atoms. The number of rotatable bonds is 4. The molecule has 15 heavy (non-hydrogen) atoms. The molecule has 0 radical (unpaired) electrons. The lowest BCUT2D eigenvalue weighted by atomic mass is 10.0. The summed E-state index contributed by atoms with van der Waals surface area (Å²) in [6, 6.07) is 1.29. The van der Waals surface area contributed by atoms with E-state index in [0.717, 1.165) is 0 Å². The Bertz CT molecular complexity index is 229. The highest BCUT2D eigenvalue weighted by atomic mass is 32.2. The number of hydrogen-bond donors (Lipinski definition) is 2. The van der Waals surface area contributed by atoms with E-state index < -0.39 is 0 Å². The Kier molecular flexibility index (Phi) is 3.61. The van der Waals surface area contributed by atoms with E-state index in [0.29, 0.717) is 22.7 Å². The fraction of sp³-hybridized carbons (Fsp3) is 1.00. The number of thiol groups is 1.